The molecule has 252 valence electrons. The van der Waals surface area contributed by atoms with Gasteiger partial charge in [-0.15, -0.1) is 0 Å². The topological polar surface area (TPSA) is 175 Å². The molecule has 0 bridgehead atoms. The summed E-state index contributed by atoms with van der Waals surface area (Å²) in [5, 5.41) is 35.9. The van der Waals surface area contributed by atoms with Crippen LogP contribution in [0, 0.1) is 12.8 Å². The average Bonchev–Trinajstić information content (AvgIpc) is 3.48. The molecule has 6 rings (SSSR count). The van der Waals surface area contributed by atoms with E-state index >= 15 is 0 Å². The molecule has 3 aromatic carbocycles. The second-order valence-corrected chi connectivity index (χ2v) is 12.4. The summed E-state index contributed by atoms with van der Waals surface area (Å²) in [6.45, 7) is 2.64. The first-order valence-corrected chi connectivity index (χ1v) is 16.0. The van der Waals surface area contributed by atoms with Crippen molar-refractivity contribution in [3.63, 3.8) is 0 Å². The van der Waals surface area contributed by atoms with Gasteiger partial charge in [0.05, 0.1) is 13.5 Å². The highest BCUT2D eigenvalue weighted by Crippen LogP contribution is 2.42. The minimum Gasteiger partial charge on any atom is -0.508 e. The van der Waals surface area contributed by atoms with Crippen LogP contribution in [0.2, 0.25) is 0 Å². The first kappa shape index (κ1) is 33.2. The number of hydrogen-bond acceptors (Lipinski definition) is 8. The number of amides is 1. The zero-order valence-corrected chi connectivity index (χ0v) is 27.0. The van der Waals surface area contributed by atoms with Gasteiger partial charge >= 0.3 is 11.9 Å². The van der Waals surface area contributed by atoms with Gasteiger partial charge in [-0.05, 0) is 84.5 Å². The van der Waals surface area contributed by atoms with Crippen molar-refractivity contribution in [2.75, 3.05) is 20.2 Å². The number of methoxy groups -OCH3 is 1. The van der Waals surface area contributed by atoms with E-state index in [0.717, 1.165) is 38.8 Å². The van der Waals surface area contributed by atoms with Gasteiger partial charge in [-0.3, -0.25) is 19.2 Å². The van der Waals surface area contributed by atoms with Crippen LogP contribution in [0.1, 0.15) is 45.8 Å². The molecule has 0 spiro atoms. The number of hydrogen-bond donors (Lipinski definition) is 5. The summed E-state index contributed by atoms with van der Waals surface area (Å²) in [5.74, 6) is -2.34. The number of aliphatic carboxylic acids is 2. The summed E-state index contributed by atoms with van der Waals surface area (Å²) in [7, 11) is 1.53. The normalized spacial score (nSPS) is 17.3. The molecule has 0 aromatic heterocycles. The van der Waals surface area contributed by atoms with Crippen molar-refractivity contribution in [3.8, 4) is 33.9 Å². The molecule has 1 amide bonds. The minimum absolute atomic E-state index is 0.0420. The molecule has 2 aliphatic heterocycles. The lowest BCUT2D eigenvalue weighted by molar-refractivity contribution is -0.142. The maximum Gasteiger partial charge on any atom is 0.321 e. The number of aromatic hydroxyl groups is 1. The first-order chi connectivity index (χ1) is 23.5. The Hall–Kier alpha value is -5.68. The predicted molar refractivity (Wildman–Crippen MR) is 183 cm³/mol. The molecular weight excluding hydrogens is 628 g/mol. The van der Waals surface area contributed by atoms with Gasteiger partial charge in [0.2, 0.25) is 0 Å². The van der Waals surface area contributed by atoms with Crippen LogP contribution in [0.15, 0.2) is 82.0 Å². The van der Waals surface area contributed by atoms with Crippen molar-refractivity contribution in [2.45, 2.75) is 38.1 Å². The van der Waals surface area contributed by atoms with E-state index in [1.54, 1.807) is 24.3 Å². The Morgan fingerprint density at radius 2 is 1.78 bits per heavy atom. The van der Waals surface area contributed by atoms with Crippen LogP contribution in [0.25, 0.3) is 33.4 Å². The number of carboxylic acid groups (broad SMARTS) is 2. The van der Waals surface area contributed by atoms with E-state index < -0.39 is 23.9 Å². The fraction of sp³-hybridized carbons (Fsp3) is 0.263. The van der Waals surface area contributed by atoms with E-state index in [4.69, 9.17) is 9.15 Å². The monoisotopic (exact) mass is 664 g/mol. The summed E-state index contributed by atoms with van der Waals surface area (Å²) >= 11 is 0. The molecule has 0 unspecified atom stereocenters. The molecule has 1 aliphatic carbocycles. The molecule has 1 saturated heterocycles. The van der Waals surface area contributed by atoms with E-state index in [1.807, 2.05) is 37.3 Å². The number of rotatable bonds is 11. The fourth-order valence-corrected chi connectivity index (χ4v) is 6.92. The average molecular weight is 665 g/mol. The second kappa shape index (κ2) is 13.8. The Morgan fingerprint density at radius 3 is 2.51 bits per heavy atom. The predicted octanol–water partition coefficient (Wildman–Crippen LogP) is 5.18. The van der Waals surface area contributed by atoms with E-state index in [2.05, 4.69) is 10.6 Å². The summed E-state index contributed by atoms with van der Waals surface area (Å²) in [6, 6.07) is 19.6. The molecule has 3 aromatic rings. The van der Waals surface area contributed by atoms with Gasteiger partial charge in [0.15, 0.2) is 5.43 Å². The van der Waals surface area contributed by atoms with E-state index in [1.165, 1.54) is 25.3 Å². The molecule has 3 atom stereocenters. The summed E-state index contributed by atoms with van der Waals surface area (Å²) in [4.78, 5) is 48.6. The maximum atomic E-state index is 13.2. The van der Waals surface area contributed by atoms with Gasteiger partial charge in [0.25, 0.3) is 5.91 Å². The van der Waals surface area contributed by atoms with Gasteiger partial charge < -0.3 is 35.1 Å². The number of carboxylic acids is 2. The van der Waals surface area contributed by atoms with Gasteiger partial charge in [-0.1, -0.05) is 18.2 Å². The quantitative estimate of drug-likeness (QED) is 0.0935. The Balaban J connectivity index is 1.15. The van der Waals surface area contributed by atoms with Crippen molar-refractivity contribution in [1.29, 1.82) is 0 Å². The van der Waals surface area contributed by atoms with E-state index in [9.17, 15) is 34.5 Å². The van der Waals surface area contributed by atoms with Crippen molar-refractivity contribution in [2.24, 2.45) is 5.92 Å². The molecule has 11 heteroatoms. The Morgan fingerprint density at radius 1 is 0.980 bits per heavy atom. The van der Waals surface area contributed by atoms with E-state index in [-0.39, 0.29) is 29.4 Å². The summed E-state index contributed by atoms with van der Waals surface area (Å²) in [5.41, 5.74) is 5.74. The Labute approximate surface area is 281 Å². The lowest BCUT2D eigenvalue weighted by atomic mass is 9.82. The third-order valence-corrected chi connectivity index (χ3v) is 9.24. The lowest BCUT2D eigenvalue weighted by Crippen LogP contribution is -2.36. The Kier molecular flexibility index (Phi) is 9.37. The number of phenols is 1. The van der Waals surface area contributed by atoms with Crippen LogP contribution in [0.5, 0.6) is 11.5 Å². The van der Waals surface area contributed by atoms with Crippen molar-refractivity contribution in [1.82, 2.24) is 10.6 Å². The maximum absolute atomic E-state index is 13.2. The largest absolute Gasteiger partial charge is 0.508 e. The number of phenolic OH excluding ortho intramolecular Hbond substituents is 1. The highest BCUT2D eigenvalue weighted by atomic mass is 16.5. The van der Waals surface area contributed by atoms with Crippen molar-refractivity contribution in [3.05, 3.63) is 105 Å². The molecular formula is C38H36N2O9. The van der Waals surface area contributed by atoms with Gasteiger partial charge in [0, 0.05) is 59.1 Å². The number of nitrogens with one attached hydrogen (secondary N) is 2. The summed E-state index contributed by atoms with van der Waals surface area (Å²) < 4.78 is 11.5. The molecule has 5 N–H and O–H groups in total. The van der Waals surface area contributed by atoms with Crippen LogP contribution in [-0.4, -0.2) is 59.4 Å². The van der Waals surface area contributed by atoms with Crippen LogP contribution in [0.3, 0.4) is 0 Å². The summed E-state index contributed by atoms with van der Waals surface area (Å²) in [6.07, 6.45) is 0.977. The number of fused-ring (bicyclic) bond motifs is 2. The van der Waals surface area contributed by atoms with E-state index in [0.29, 0.717) is 48.6 Å². The van der Waals surface area contributed by atoms with Crippen LogP contribution >= 0.6 is 0 Å². The zero-order chi connectivity index (χ0) is 34.8. The number of carbonyl (C=O) groups excluding carboxylic acids is 1. The molecule has 0 radical (unpaired) electrons. The van der Waals surface area contributed by atoms with Gasteiger partial charge in [-0.25, -0.2) is 0 Å². The SMILES string of the molecule is COc1ccc(CCCNC(=O)c2ccc(-c3c4ccc(=O)cc-4oc4cc(O)ccc34)c(C)c2)cc1[C@H]1CN[C@H](C(=O)O)[C@H]1CC(=O)O. The molecule has 3 aliphatic rings. The van der Waals surface area contributed by atoms with Gasteiger partial charge in [0.1, 0.15) is 28.9 Å². The minimum atomic E-state index is -1.08. The first-order valence-electron chi connectivity index (χ1n) is 16.0. The molecule has 0 saturated carbocycles. The van der Waals surface area contributed by atoms with Crippen molar-refractivity contribution >= 4 is 28.8 Å². The smallest absolute Gasteiger partial charge is 0.321 e. The number of ether oxygens (including phenoxy) is 1. The number of carbonyl (C=O) groups is 3. The third kappa shape index (κ3) is 6.84. The molecule has 2 heterocycles. The third-order valence-electron chi connectivity index (χ3n) is 9.24. The number of aryl methyl sites for hydroxylation is 2. The fourth-order valence-electron chi connectivity index (χ4n) is 6.92. The number of benzene rings is 4. The van der Waals surface area contributed by atoms with Crippen LogP contribution < -0.4 is 20.8 Å². The molecule has 49 heavy (non-hydrogen) atoms. The van der Waals surface area contributed by atoms with Crippen molar-refractivity contribution < 1.29 is 38.9 Å². The van der Waals surface area contributed by atoms with Crippen LogP contribution in [-0.2, 0) is 16.0 Å². The zero-order valence-electron chi connectivity index (χ0n) is 27.0. The molecule has 11 nitrogen and oxygen atoms in total. The molecule has 1 fully saturated rings. The highest BCUT2D eigenvalue weighted by molar-refractivity contribution is 6.03. The standard InChI is InChI=1S/C38H36N2O9/c1-20-14-22(6-9-25(20)35-26-10-7-23(41)16-32(26)49-33-17-24(42)8-11-27(33)35)37(45)39-13-3-4-21-5-12-31(48-2)28(15-21)30-19-40-36(38(46)47)29(30)18-34(43)44/h5-12,14-17,29-30,36,40-41H,3-4,13,18-19H2,1-2H3,(H,39,45)(H,43,44)(H,46,47)/t29-,30+,36-/m0/s1. The second-order valence-electron chi connectivity index (χ2n) is 12.4. The highest BCUT2D eigenvalue weighted by Gasteiger charge is 2.43. The van der Waals surface area contributed by atoms with Gasteiger partial charge in [-0.2, -0.15) is 0 Å². The lowest BCUT2D eigenvalue weighted by Gasteiger charge is -2.23. The Bertz CT molecular complexity index is 2100. The van der Waals surface area contributed by atoms with Crippen LogP contribution in [0.4, 0.5) is 0 Å².